The molecule has 0 radical (unpaired) electrons. The third kappa shape index (κ3) is 2.25. The summed E-state index contributed by atoms with van der Waals surface area (Å²) in [5.41, 5.74) is 1.24. The van der Waals surface area contributed by atoms with Gasteiger partial charge in [-0.3, -0.25) is 14.8 Å². The van der Waals surface area contributed by atoms with Crippen molar-refractivity contribution in [2.45, 2.75) is 0 Å². The minimum absolute atomic E-state index is 0.0624. The van der Waals surface area contributed by atoms with E-state index in [-0.39, 0.29) is 11.9 Å². The van der Waals surface area contributed by atoms with Crippen LogP contribution in [0, 0.1) is 0 Å². The fourth-order valence-corrected chi connectivity index (χ4v) is 2.16. The van der Waals surface area contributed by atoms with Crippen molar-refractivity contribution < 1.29 is 9.21 Å². The molecule has 0 bridgehead atoms. The van der Waals surface area contributed by atoms with Crippen LogP contribution in [0.5, 0.6) is 0 Å². The van der Waals surface area contributed by atoms with Crippen molar-refractivity contribution in [3.63, 3.8) is 0 Å². The first-order chi connectivity index (χ1) is 9.24. The molecule has 0 aromatic carbocycles. The van der Waals surface area contributed by atoms with E-state index >= 15 is 0 Å². The maximum atomic E-state index is 11.9. The summed E-state index contributed by atoms with van der Waals surface area (Å²) in [6, 6.07) is 3.53. The number of nitrogens with zero attached hydrogens (tertiary/aromatic N) is 4. The molecule has 3 rings (SSSR count). The Morgan fingerprint density at radius 3 is 3.00 bits per heavy atom. The summed E-state index contributed by atoms with van der Waals surface area (Å²) < 4.78 is 6.82. The maximum absolute atomic E-state index is 11.9. The molecule has 1 amide bonds. The number of nitrogens with one attached hydrogen (secondary N) is 1. The summed E-state index contributed by atoms with van der Waals surface area (Å²) in [6.45, 7) is 0. The topological polar surface area (TPSA) is 85.8 Å². The molecule has 19 heavy (non-hydrogen) atoms. The lowest BCUT2D eigenvalue weighted by Gasteiger charge is -1.99. The smallest absolute Gasteiger partial charge is 0.322 e. The second-order valence-electron chi connectivity index (χ2n) is 3.72. The monoisotopic (exact) mass is 275 g/mol. The van der Waals surface area contributed by atoms with Crippen LogP contribution >= 0.6 is 11.3 Å². The molecule has 0 fully saturated rings. The van der Waals surface area contributed by atoms with Gasteiger partial charge in [-0.05, 0) is 17.5 Å². The zero-order valence-electron chi connectivity index (χ0n) is 9.90. The molecule has 0 spiro atoms. The third-order valence-electron chi connectivity index (χ3n) is 2.47. The average molecular weight is 275 g/mol. The Kier molecular flexibility index (Phi) is 2.84. The van der Waals surface area contributed by atoms with Crippen LogP contribution in [0.15, 0.2) is 33.5 Å². The molecule has 0 saturated carbocycles. The normalized spacial score (nSPS) is 10.6. The van der Waals surface area contributed by atoms with E-state index in [1.165, 1.54) is 16.0 Å². The first-order valence-corrected chi connectivity index (χ1v) is 6.34. The van der Waals surface area contributed by atoms with Gasteiger partial charge in [-0.15, -0.1) is 5.10 Å². The minimum atomic E-state index is -0.347. The summed E-state index contributed by atoms with van der Waals surface area (Å²) in [5.74, 6) is 0.0297. The molecular formula is C11H9N5O2S. The lowest BCUT2D eigenvalue weighted by Crippen LogP contribution is -2.16. The molecule has 3 aromatic heterocycles. The molecule has 3 heterocycles. The van der Waals surface area contributed by atoms with E-state index in [1.54, 1.807) is 19.3 Å². The Bertz CT molecular complexity index is 700. The Hall–Kier alpha value is -2.48. The van der Waals surface area contributed by atoms with E-state index in [1.807, 2.05) is 16.8 Å². The second-order valence-corrected chi connectivity index (χ2v) is 4.50. The summed E-state index contributed by atoms with van der Waals surface area (Å²) in [7, 11) is 1.68. The molecule has 1 N–H and O–H groups in total. The van der Waals surface area contributed by atoms with Crippen molar-refractivity contribution in [1.29, 1.82) is 0 Å². The SMILES string of the molecule is Cn1nccc1C(=O)Nc1nnc(-c2ccsc2)o1. The van der Waals surface area contributed by atoms with Gasteiger partial charge in [-0.25, -0.2) is 0 Å². The van der Waals surface area contributed by atoms with E-state index in [2.05, 4.69) is 20.6 Å². The highest BCUT2D eigenvalue weighted by atomic mass is 32.1. The number of anilines is 1. The first-order valence-electron chi connectivity index (χ1n) is 5.39. The summed E-state index contributed by atoms with van der Waals surface area (Å²) in [5, 5.41) is 17.9. The molecule has 0 saturated heterocycles. The third-order valence-corrected chi connectivity index (χ3v) is 3.15. The lowest BCUT2D eigenvalue weighted by atomic mass is 10.3. The van der Waals surface area contributed by atoms with Gasteiger partial charge in [0.15, 0.2) is 0 Å². The molecule has 96 valence electrons. The fraction of sp³-hybridized carbons (Fsp3) is 0.0909. The maximum Gasteiger partial charge on any atom is 0.322 e. The number of aryl methyl sites for hydroxylation is 1. The fourth-order valence-electron chi connectivity index (χ4n) is 1.53. The van der Waals surface area contributed by atoms with Gasteiger partial charge in [-0.1, -0.05) is 5.10 Å². The van der Waals surface area contributed by atoms with Crippen LogP contribution in [0.3, 0.4) is 0 Å². The molecule has 7 nitrogen and oxygen atoms in total. The number of aromatic nitrogens is 4. The van der Waals surface area contributed by atoms with Crippen molar-refractivity contribution in [3.05, 3.63) is 34.8 Å². The number of thiophene rings is 1. The molecular weight excluding hydrogens is 266 g/mol. The largest absolute Gasteiger partial charge is 0.403 e. The van der Waals surface area contributed by atoms with Crippen LogP contribution in [0.4, 0.5) is 6.01 Å². The molecule has 0 unspecified atom stereocenters. The zero-order valence-corrected chi connectivity index (χ0v) is 10.7. The Labute approximate surface area is 111 Å². The number of carbonyl (C=O) groups is 1. The second kappa shape index (κ2) is 4.65. The van der Waals surface area contributed by atoms with Gasteiger partial charge < -0.3 is 4.42 Å². The first kappa shape index (κ1) is 11.6. The van der Waals surface area contributed by atoms with Crippen LogP contribution in [0.2, 0.25) is 0 Å². The Morgan fingerprint density at radius 1 is 1.42 bits per heavy atom. The molecule has 3 aromatic rings. The highest BCUT2D eigenvalue weighted by Crippen LogP contribution is 2.22. The van der Waals surface area contributed by atoms with Gasteiger partial charge in [0.2, 0.25) is 0 Å². The van der Waals surface area contributed by atoms with Gasteiger partial charge >= 0.3 is 6.01 Å². The Balaban J connectivity index is 1.78. The average Bonchev–Trinajstić information content (AvgIpc) is 3.07. The van der Waals surface area contributed by atoms with Gasteiger partial charge in [0.1, 0.15) is 5.69 Å². The van der Waals surface area contributed by atoms with Crippen molar-refractivity contribution >= 4 is 23.3 Å². The quantitative estimate of drug-likeness (QED) is 0.787. The van der Waals surface area contributed by atoms with Gasteiger partial charge in [-0.2, -0.15) is 16.4 Å². The molecule has 0 aliphatic carbocycles. The van der Waals surface area contributed by atoms with Crippen LogP contribution < -0.4 is 5.32 Å². The number of rotatable bonds is 3. The van der Waals surface area contributed by atoms with E-state index < -0.39 is 0 Å². The number of carbonyl (C=O) groups excluding carboxylic acids is 1. The van der Waals surface area contributed by atoms with Crippen LogP contribution in [0.25, 0.3) is 11.5 Å². The van der Waals surface area contributed by atoms with E-state index in [0.717, 1.165) is 5.56 Å². The molecule has 0 atom stereocenters. The predicted molar refractivity (Wildman–Crippen MR) is 68.8 cm³/mol. The van der Waals surface area contributed by atoms with Gasteiger partial charge in [0, 0.05) is 24.2 Å². The number of hydrogen-bond acceptors (Lipinski definition) is 6. The van der Waals surface area contributed by atoms with E-state index in [0.29, 0.717) is 11.6 Å². The van der Waals surface area contributed by atoms with Crippen LogP contribution in [-0.2, 0) is 7.05 Å². The molecule has 0 aliphatic rings. The van der Waals surface area contributed by atoms with E-state index in [4.69, 9.17) is 4.42 Å². The summed E-state index contributed by atoms with van der Waals surface area (Å²) in [4.78, 5) is 11.9. The highest BCUT2D eigenvalue weighted by molar-refractivity contribution is 7.08. The van der Waals surface area contributed by atoms with E-state index in [9.17, 15) is 4.79 Å². The summed E-state index contributed by atoms with van der Waals surface area (Å²) >= 11 is 1.53. The summed E-state index contributed by atoms with van der Waals surface area (Å²) in [6.07, 6.45) is 1.54. The van der Waals surface area contributed by atoms with Crippen LogP contribution in [-0.4, -0.2) is 25.9 Å². The minimum Gasteiger partial charge on any atom is -0.403 e. The lowest BCUT2D eigenvalue weighted by molar-refractivity contribution is 0.101. The zero-order chi connectivity index (χ0) is 13.2. The molecule has 0 aliphatic heterocycles. The van der Waals surface area contributed by atoms with Crippen molar-refractivity contribution in [2.24, 2.45) is 7.05 Å². The number of hydrogen-bond donors (Lipinski definition) is 1. The van der Waals surface area contributed by atoms with Gasteiger partial charge in [0.05, 0.1) is 0 Å². The number of amides is 1. The highest BCUT2D eigenvalue weighted by Gasteiger charge is 2.14. The van der Waals surface area contributed by atoms with Gasteiger partial charge in [0.25, 0.3) is 11.8 Å². The van der Waals surface area contributed by atoms with Crippen LogP contribution in [0.1, 0.15) is 10.5 Å². The molecule has 8 heteroatoms. The van der Waals surface area contributed by atoms with Crippen molar-refractivity contribution in [2.75, 3.05) is 5.32 Å². The standard InChI is InChI=1S/C11H9N5O2S/c1-16-8(2-4-12-16)9(17)13-11-15-14-10(18-11)7-3-5-19-6-7/h2-6H,1H3,(H,13,15,17). The predicted octanol–water partition coefficient (Wildman–Crippen LogP) is 1.78. The van der Waals surface area contributed by atoms with Crippen molar-refractivity contribution in [3.8, 4) is 11.5 Å². The van der Waals surface area contributed by atoms with Crippen molar-refractivity contribution in [1.82, 2.24) is 20.0 Å². The Morgan fingerprint density at radius 2 is 2.32 bits per heavy atom.